The highest BCUT2D eigenvalue weighted by Gasteiger charge is 2.67. The lowest BCUT2D eigenvalue weighted by Gasteiger charge is -2.65. The second kappa shape index (κ2) is 6.89. The summed E-state index contributed by atoms with van der Waals surface area (Å²) < 4.78 is 5.75. The number of carbonyl (C=O) groups is 2. The van der Waals surface area contributed by atoms with E-state index in [4.69, 9.17) is 4.52 Å². The largest absolute Gasteiger partial charge is 0.481 e. The van der Waals surface area contributed by atoms with Gasteiger partial charge in [-0.25, -0.2) is 0 Å². The predicted molar refractivity (Wildman–Crippen MR) is 133 cm³/mol. The van der Waals surface area contributed by atoms with Gasteiger partial charge in [-0.2, -0.15) is 0 Å². The number of fused-ring (bicyclic) bond motifs is 8. The zero-order valence-electron chi connectivity index (χ0n) is 22.2. The smallest absolute Gasteiger partial charge is 0.309 e. The van der Waals surface area contributed by atoms with Crippen LogP contribution in [0.15, 0.2) is 22.4 Å². The molecule has 1 aromatic heterocycles. The summed E-state index contributed by atoms with van der Waals surface area (Å²) in [5.74, 6) is 0.914. The van der Waals surface area contributed by atoms with Gasteiger partial charge in [0, 0.05) is 16.9 Å². The van der Waals surface area contributed by atoms with E-state index in [1.807, 2.05) is 12.3 Å². The zero-order valence-corrected chi connectivity index (χ0v) is 22.2. The van der Waals surface area contributed by atoms with Crippen LogP contribution in [0.3, 0.4) is 0 Å². The van der Waals surface area contributed by atoms with Crippen LogP contribution in [0.1, 0.15) is 97.8 Å². The lowest BCUT2D eigenvalue weighted by Crippen LogP contribution is -2.62. The van der Waals surface area contributed by atoms with Crippen molar-refractivity contribution in [3.05, 3.63) is 29.2 Å². The van der Waals surface area contributed by atoms with Crippen molar-refractivity contribution in [3.63, 3.8) is 0 Å². The van der Waals surface area contributed by atoms with Crippen LogP contribution in [-0.4, -0.2) is 22.0 Å². The number of hydrogen-bond acceptors (Lipinski definition) is 4. The van der Waals surface area contributed by atoms with E-state index in [0.29, 0.717) is 18.8 Å². The maximum absolute atomic E-state index is 14.1. The Morgan fingerprint density at radius 1 is 1.00 bits per heavy atom. The number of aliphatic carboxylic acids is 1. The van der Waals surface area contributed by atoms with Crippen LogP contribution in [0, 0.1) is 45.3 Å². The molecule has 5 nitrogen and oxygen atoms in total. The Bertz CT molecular complexity index is 1140. The van der Waals surface area contributed by atoms with Gasteiger partial charge in [0.05, 0.1) is 11.6 Å². The second-order valence-corrected chi connectivity index (χ2v) is 14.6. The quantitative estimate of drug-likeness (QED) is 0.507. The first-order valence-corrected chi connectivity index (χ1v) is 13.7. The first kappa shape index (κ1) is 23.5. The number of carboxylic acids is 1. The summed E-state index contributed by atoms with van der Waals surface area (Å²) in [7, 11) is 0. The predicted octanol–water partition coefficient (Wildman–Crippen LogP) is 6.36. The van der Waals surface area contributed by atoms with Gasteiger partial charge in [0.2, 0.25) is 0 Å². The fraction of sp³-hybridized carbons (Fsp3) is 0.767. The van der Waals surface area contributed by atoms with Gasteiger partial charge >= 0.3 is 5.97 Å². The Labute approximate surface area is 209 Å². The molecule has 3 saturated carbocycles. The Hall–Kier alpha value is -1.91. The van der Waals surface area contributed by atoms with Crippen molar-refractivity contribution in [1.29, 1.82) is 0 Å². The fourth-order valence-electron chi connectivity index (χ4n) is 10.3. The van der Waals surface area contributed by atoms with E-state index >= 15 is 0 Å². The Balaban J connectivity index is 1.47. The monoisotopic (exact) mass is 479 g/mol. The summed E-state index contributed by atoms with van der Waals surface area (Å²) in [6, 6.07) is 0. The van der Waals surface area contributed by atoms with Crippen LogP contribution < -0.4 is 0 Å². The van der Waals surface area contributed by atoms with Gasteiger partial charge in [-0.15, -0.1) is 0 Å². The molecule has 7 atom stereocenters. The molecule has 5 aliphatic carbocycles. The minimum absolute atomic E-state index is 0.0670. The second-order valence-electron chi connectivity index (χ2n) is 14.6. The molecule has 190 valence electrons. The number of allylic oxidation sites excluding steroid dienone is 2. The molecule has 5 heteroatoms. The van der Waals surface area contributed by atoms with Gasteiger partial charge in [-0.05, 0) is 91.4 Å². The number of aromatic nitrogens is 1. The molecule has 1 aromatic rings. The van der Waals surface area contributed by atoms with Crippen LogP contribution in [0.5, 0.6) is 0 Å². The molecule has 1 heterocycles. The van der Waals surface area contributed by atoms with Crippen molar-refractivity contribution in [2.75, 3.05) is 0 Å². The van der Waals surface area contributed by atoms with Gasteiger partial charge < -0.3 is 9.63 Å². The minimum Gasteiger partial charge on any atom is -0.481 e. The van der Waals surface area contributed by atoms with E-state index in [2.05, 4.69) is 46.7 Å². The average molecular weight is 480 g/mol. The molecule has 0 spiro atoms. The normalized spacial score (nSPS) is 45.2. The van der Waals surface area contributed by atoms with E-state index in [9.17, 15) is 14.7 Å². The van der Waals surface area contributed by atoms with Crippen molar-refractivity contribution in [1.82, 2.24) is 5.16 Å². The number of carbonyl (C=O) groups excluding carboxylic acids is 1. The van der Waals surface area contributed by atoms with Gasteiger partial charge in [0.1, 0.15) is 5.76 Å². The Morgan fingerprint density at radius 3 is 2.46 bits per heavy atom. The number of rotatable bonds is 1. The number of carboxylic acid groups (broad SMARTS) is 1. The summed E-state index contributed by atoms with van der Waals surface area (Å²) in [5.41, 5.74) is 1.52. The summed E-state index contributed by atoms with van der Waals surface area (Å²) in [4.78, 5) is 26.9. The van der Waals surface area contributed by atoms with Crippen molar-refractivity contribution >= 4 is 11.8 Å². The highest BCUT2D eigenvalue weighted by Crippen LogP contribution is 2.70. The lowest BCUT2D eigenvalue weighted by atomic mass is 9.38. The third-order valence-corrected chi connectivity index (χ3v) is 12.0. The average Bonchev–Trinajstić information content (AvgIpc) is 3.23. The summed E-state index contributed by atoms with van der Waals surface area (Å²) in [5, 5.41) is 14.6. The molecule has 0 aliphatic heterocycles. The van der Waals surface area contributed by atoms with Crippen molar-refractivity contribution in [2.45, 2.75) is 98.3 Å². The molecule has 3 fully saturated rings. The Kier molecular flexibility index (Phi) is 4.62. The summed E-state index contributed by atoms with van der Waals surface area (Å²) in [6.45, 7) is 13.9. The molecule has 0 amide bonds. The van der Waals surface area contributed by atoms with Gasteiger partial charge in [-0.3, -0.25) is 9.59 Å². The first-order chi connectivity index (χ1) is 16.3. The standard InChI is InChI=1S/C30H41NO4/c1-26(2)11-12-30(25(33)34)10-7-18-23(19(30)15-26)20(32)13-22-28(18,5)9-8-21-27(3,4)24-17(16-31-35-24)14-29(21,22)6/h13,16,18-19,21,23H,7-12,14-15H2,1-6H3,(H,33,34). The van der Waals surface area contributed by atoms with E-state index in [-0.39, 0.29) is 45.2 Å². The van der Waals surface area contributed by atoms with Gasteiger partial charge in [0.15, 0.2) is 5.78 Å². The van der Waals surface area contributed by atoms with Crippen LogP contribution >= 0.6 is 0 Å². The van der Waals surface area contributed by atoms with Crippen LogP contribution in [0.25, 0.3) is 0 Å². The maximum atomic E-state index is 14.1. The van der Waals surface area contributed by atoms with E-state index < -0.39 is 11.4 Å². The zero-order chi connectivity index (χ0) is 25.2. The van der Waals surface area contributed by atoms with Crippen molar-refractivity contribution in [3.8, 4) is 0 Å². The maximum Gasteiger partial charge on any atom is 0.309 e. The van der Waals surface area contributed by atoms with Crippen molar-refractivity contribution in [2.24, 2.45) is 45.3 Å². The topological polar surface area (TPSA) is 80.4 Å². The molecular formula is C30H41NO4. The van der Waals surface area contributed by atoms with Crippen LogP contribution in [0.2, 0.25) is 0 Å². The van der Waals surface area contributed by atoms with E-state index in [1.165, 1.54) is 11.1 Å². The molecule has 1 N–H and O–H groups in total. The lowest BCUT2D eigenvalue weighted by molar-refractivity contribution is -0.175. The van der Waals surface area contributed by atoms with E-state index in [0.717, 1.165) is 44.3 Å². The van der Waals surface area contributed by atoms with Crippen LogP contribution in [-0.2, 0) is 21.4 Å². The third-order valence-electron chi connectivity index (χ3n) is 12.0. The SMILES string of the molecule is CC1(C)CCC2(C(=O)O)CCC3C(C(=O)C=C4C3(C)CCC3C4(C)Cc4cnoc4C3(C)C)C2C1. The molecule has 0 saturated heterocycles. The summed E-state index contributed by atoms with van der Waals surface area (Å²) >= 11 is 0. The molecule has 7 unspecified atom stereocenters. The molecule has 0 bridgehead atoms. The first-order valence-electron chi connectivity index (χ1n) is 13.7. The number of hydrogen-bond donors (Lipinski definition) is 1. The highest BCUT2D eigenvalue weighted by molar-refractivity contribution is 5.95. The minimum atomic E-state index is -0.737. The Morgan fingerprint density at radius 2 is 1.74 bits per heavy atom. The van der Waals surface area contributed by atoms with Crippen LogP contribution in [0.4, 0.5) is 0 Å². The van der Waals surface area contributed by atoms with Crippen molar-refractivity contribution < 1.29 is 19.2 Å². The highest BCUT2D eigenvalue weighted by atomic mass is 16.5. The third kappa shape index (κ3) is 2.84. The molecule has 0 radical (unpaired) electrons. The number of ketones is 1. The number of nitrogens with zero attached hydrogens (tertiary/aromatic N) is 1. The molecular weight excluding hydrogens is 438 g/mol. The molecule has 35 heavy (non-hydrogen) atoms. The fourth-order valence-corrected chi connectivity index (χ4v) is 10.3. The van der Waals surface area contributed by atoms with E-state index in [1.54, 1.807) is 0 Å². The molecule has 0 aromatic carbocycles. The van der Waals surface area contributed by atoms with Gasteiger partial charge in [-0.1, -0.05) is 52.3 Å². The molecule has 5 aliphatic rings. The molecule has 6 rings (SSSR count). The van der Waals surface area contributed by atoms with Gasteiger partial charge in [0.25, 0.3) is 0 Å². The summed E-state index contributed by atoms with van der Waals surface area (Å²) in [6.07, 6.45) is 10.9.